The van der Waals surface area contributed by atoms with Crippen molar-refractivity contribution in [2.24, 2.45) is 4.99 Å². The number of nitrogens with zero attached hydrogens (tertiary/aromatic N) is 2. The van der Waals surface area contributed by atoms with Crippen molar-refractivity contribution >= 4 is 17.9 Å². The quantitative estimate of drug-likeness (QED) is 0.622. The van der Waals surface area contributed by atoms with E-state index in [0.717, 1.165) is 28.8 Å². The molecule has 0 saturated heterocycles. The van der Waals surface area contributed by atoms with Crippen molar-refractivity contribution in [2.75, 3.05) is 0 Å². The van der Waals surface area contributed by atoms with Crippen molar-refractivity contribution in [2.45, 2.75) is 6.42 Å². The van der Waals surface area contributed by atoms with E-state index < -0.39 is 0 Å². The summed E-state index contributed by atoms with van der Waals surface area (Å²) in [6, 6.07) is 8.06. The van der Waals surface area contributed by atoms with Crippen molar-refractivity contribution in [1.82, 2.24) is 0 Å². The van der Waals surface area contributed by atoms with Gasteiger partial charge in [0, 0.05) is 23.9 Å². The monoisotopic (exact) mass is 192 g/mol. The minimum Gasteiger partial charge on any atom is -0.261 e. The Morgan fingerprint density at radius 2 is 2.27 bits per heavy atom. The number of nitriles is 1. The number of rotatable bonds is 0. The van der Waals surface area contributed by atoms with Crippen LogP contribution in [0.2, 0.25) is 0 Å². The van der Waals surface area contributed by atoms with E-state index in [1.54, 1.807) is 0 Å². The van der Waals surface area contributed by atoms with E-state index in [1.807, 2.05) is 36.6 Å². The van der Waals surface area contributed by atoms with Gasteiger partial charge in [-0.1, -0.05) is 18.2 Å². The van der Waals surface area contributed by atoms with Crippen LogP contribution < -0.4 is 0 Å². The van der Waals surface area contributed by atoms with Gasteiger partial charge in [-0.15, -0.1) is 0 Å². The summed E-state index contributed by atoms with van der Waals surface area (Å²) in [6.07, 6.45) is 6.65. The summed E-state index contributed by atoms with van der Waals surface area (Å²) in [7, 11) is 0. The molecule has 0 fully saturated rings. The highest BCUT2D eigenvalue weighted by Gasteiger charge is 2.26. The van der Waals surface area contributed by atoms with E-state index in [9.17, 15) is 0 Å². The Morgan fingerprint density at radius 3 is 3.13 bits per heavy atom. The number of hydrogen-bond donors (Lipinski definition) is 0. The summed E-state index contributed by atoms with van der Waals surface area (Å²) in [6.45, 7) is 0. The maximum atomic E-state index is 9.06. The third kappa shape index (κ3) is 1.21. The van der Waals surface area contributed by atoms with Gasteiger partial charge < -0.3 is 0 Å². The zero-order valence-corrected chi connectivity index (χ0v) is 8.07. The molecule has 15 heavy (non-hydrogen) atoms. The summed E-state index contributed by atoms with van der Waals surface area (Å²) < 4.78 is 0. The summed E-state index contributed by atoms with van der Waals surface area (Å²) in [4.78, 5) is 4.29. The lowest BCUT2D eigenvalue weighted by Gasteiger charge is -2.04. The van der Waals surface area contributed by atoms with Crippen LogP contribution in [-0.4, -0.2) is 6.21 Å². The number of fused-ring (bicyclic) bond motifs is 2. The lowest BCUT2D eigenvalue weighted by atomic mass is 9.99. The molecule has 70 valence electrons. The zero-order chi connectivity index (χ0) is 10.3. The van der Waals surface area contributed by atoms with Crippen molar-refractivity contribution in [1.29, 1.82) is 5.26 Å². The average Bonchev–Trinajstić information content (AvgIpc) is 2.99. The first kappa shape index (κ1) is 8.19. The van der Waals surface area contributed by atoms with Crippen LogP contribution in [0.25, 0.3) is 11.6 Å². The van der Waals surface area contributed by atoms with Crippen LogP contribution in [0.4, 0.5) is 0 Å². The van der Waals surface area contributed by atoms with Crippen molar-refractivity contribution < 1.29 is 0 Å². The minimum absolute atomic E-state index is 0.749. The van der Waals surface area contributed by atoms with Gasteiger partial charge in [-0.2, -0.15) is 5.26 Å². The number of benzene rings is 1. The number of aliphatic imine (C=N–C) groups is 1. The SMILES string of the molecule is N#Cc1cccc2c1C1=C(C1)N=C/C=C\2. The van der Waals surface area contributed by atoms with E-state index in [-0.39, 0.29) is 0 Å². The van der Waals surface area contributed by atoms with Gasteiger partial charge >= 0.3 is 0 Å². The van der Waals surface area contributed by atoms with Gasteiger partial charge in [0.2, 0.25) is 0 Å². The van der Waals surface area contributed by atoms with E-state index >= 15 is 0 Å². The zero-order valence-electron chi connectivity index (χ0n) is 8.07. The highest BCUT2D eigenvalue weighted by molar-refractivity contribution is 5.94. The van der Waals surface area contributed by atoms with Crippen LogP contribution in [0.15, 0.2) is 35.0 Å². The summed E-state index contributed by atoms with van der Waals surface area (Å²) in [5, 5.41) is 9.06. The van der Waals surface area contributed by atoms with Gasteiger partial charge in [-0.05, 0) is 23.3 Å². The number of hydrogen-bond acceptors (Lipinski definition) is 2. The van der Waals surface area contributed by atoms with Crippen molar-refractivity contribution in [3.8, 4) is 6.07 Å². The average molecular weight is 192 g/mol. The first-order valence-corrected chi connectivity index (χ1v) is 4.86. The molecule has 1 aromatic rings. The van der Waals surface area contributed by atoms with Gasteiger partial charge in [0.15, 0.2) is 0 Å². The molecule has 1 aliphatic carbocycles. The molecule has 2 nitrogen and oxygen atoms in total. The third-order valence-electron chi connectivity index (χ3n) is 2.68. The fraction of sp³-hybridized carbons (Fsp3) is 0.0769. The molecule has 3 rings (SSSR count). The molecular formula is C13H8N2. The van der Waals surface area contributed by atoms with Gasteiger partial charge in [0.1, 0.15) is 0 Å². The van der Waals surface area contributed by atoms with Crippen LogP contribution in [-0.2, 0) is 0 Å². The lowest BCUT2D eigenvalue weighted by Crippen LogP contribution is -1.88. The molecule has 0 unspecified atom stereocenters. The molecule has 2 aliphatic rings. The highest BCUT2D eigenvalue weighted by atomic mass is 14.8. The molecule has 0 atom stereocenters. The van der Waals surface area contributed by atoms with Crippen molar-refractivity contribution in [3.05, 3.63) is 46.7 Å². The Labute approximate surface area is 87.9 Å². The summed E-state index contributed by atoms with van der Waals surface area (Å²) in [5.74, 6) is 0. The van der Waals surface area contributed by atoms with Crippen LogP contribution in [0.1, 0.15) is 23.1 Å². The lowest BCUT2D eigenvalue weighted by molar-refractivity contribution is 1.40. The molecule has 0 spiro atoms. The topological polar surface area (TPSA) is 36.1 Å². The second-order valence-corrected chi connectivity index (χ2v) is 3.62. The molecule has 0 amide bonds. The minimum atomic E-state index is 0.749. The molecule has 2 heteroatoms. The van der Waals surface area contributed by atoms with Gasteiger partial charge in [0.05, 0.1) is 11.6 Å². The van der Waals surface area contributed by atoms with Crippen LogP contribution in [0.5, 0.6) is 0 Å². The standard InChI is InChI=1S/C13H8N2/c14-8-10-4-1-3-9-5-2-6-15-12-7-11(12)13(9)10/h1-6H,7H2/b5-2-,6-2?,9-5?,13-11?,15-6?,15-12?. The Balaban J connectivity index is 2.31. The molecule has 1 aliphatic heterocycles. The Hall–Kier alpha value is -2.14. The normalized spacial score (nSPS) is 18.3. The smallest absolute Gasteiger partial charge is 0.0998 e. The number of allylic oxidation sites excluding steroid dienone is 3. The maximum absolute atomic E-state index is 9.06. The Kier molecular flexibility index (Phi) is 1.60. The first-order chi connectivity index (χ1) is 7.40. The second kappa shape index (κ2) is 2.93. The van der Waals surface area contributed by atoms with E-state index in [1.165, 1.54) is 5.57 Å². The molecule has 0 N–H and O–H groups in total. The predicted molar refractivity (Wildman–Crippen MR) is 60.2 cm³/mol. The highest BCUT2D eigenvalue weighted by Crippen LogP contribution is 2.44. The molecule has 0 aromatic heterocycles. The molecule has 0 radical (unpaired) electrons. The second-order valence-electron chi connectivity index (χ2n) is 3.62. The first-order valence-electron chi connectivity index (χ1n) is 4.86. The third-order valence-corrected chi connectivity index (χ3v) is 2.68. The molecule has 1 heterocycles. The molecule has 0 bridgehead atoms. The van der Waals surface area contributed by atoms with Crippen LogP contribution in [0, 0.1) is 11.3 Å². The predicted octanol–water partition coefficient (Wildman–Crippen LogP) is 2.77. The molecular weight excluding hydrogens is 184 g/mol. The molecule has 1 aromatic carbocycles. The Morgan fingerprint density at radius 1 is 1.33 bits per heavy atom. The van der Waals surface area contributed by atoms with E-state index in [0.29, 0.717) is 0 Å². The molecule has 0 saturated carbocycles. The van der Waals surface area contributed by atoms with Crippen LogP contribution in [0.3, 0.4) is 0 Å². The van der Waals surface area contributed by atoms with Gasteiger partial charge in [0.25, 0.3) is 0 Å². The van der Waals surface area contributed by atoms with E-state index in [2.05, 4.69) is 11.1 Å². The summed E-state index contributed by atoms with van der Waals surface area (Å²) >= 11 is 0. The van der Waals surface area contributed by atoms with Crippen molar-refractivity contribution in [3.63, 3.8) is 0 Å². The summed E-state index contributed by atoms with van der Waals surface area (Å²) in [5.41, 5.74) is 5.28. The fourth-order valence-electron chi connectivity index (χ4n) is 1.90. The van der Waals surface area contributed by atoms with Gasteiger partial charge in [-0.25, -0.2) is 0 Å². The maximum Gasteiger partial charge on any atom is 0.0998 e. The van der Waals surface area contributed by atoms with Gasteiger partial charge in [-0.3, -0.25) is 4.99 Å². The largest absolute Gasteiger partial charge is 0.261 e. The fourth-order valence-corrected chi connectivity index (χ4v) is 1.90. The Bertz CT molecular complexity index is 569. The van der Waals surface area contributed by atoms with E-state index in [4.69, 9.17) is 5.26 Å². The van der Waals surface area contributed by atoms with Crippen LogP contribution >= 0.6 is 0 Å².